The molecule has 7 heteroatoms. The lowest BCUT2D eigenvalue weighted by atomic mass is 9.93. The van der Waals surface area contributed by atoms with Gasteiger partial charge in [0.1, 0.15) is 5.69 Å². The van der Waals surface area contributed by atoms with Gasteiger partial charge in [-0.25, -0.2) is 9.97 Å². The number of pyridine rings is 2. The van der Waals surface area contributed by atoms with Gasteiger partial charge in [0.2, 0.25) is 5.95 Å². The molecule has 4 heterocycles. The van der Waals surface area contributed by atoms with Crippen molar-refractivity contribution in [3.8, 4) is 11.1 Å². The van der Waals surface area contributed by atoms with E-state index >= 15 is 0 Å². The van der Waals surface area contributed by atoms with Crippen molar-refractivity contribution >= 4 is 22.6 Å². The van der Waals surface area contributed by atoms with Gasteiger partial charge in [-0.1, -0.05) is 30.3 Å². The van der Waals surface area contributed by atoms with Gasteiger partial charge >= 0.3 is 0 Å². The highest BCUT2D eigenvalue weighted by Gasteiger charge is 2.27. The minimum atomic E-state index is -0.0165. The standard InChI is InChI=1S/C24H22N6O/c25-24-28-13-19(14-29-24)17-7-8-21(27-12-17)18-5-3-11-30(15-18)23(31)22-20-6-2-1-4-16(20)9-10-26-22/h1-2,4,6-10,12-14,18H,3,5,11,15H2,(H2,25,28,29)/t18-/m0/s1. The largest absolute Gasteiger partial charge is 0.368 e. The summed E-state index contributed by atoms with van der Waals surface area (Å²) in [5.74, 6) is 0.433. The van der Waals surface area contributed by atoms with E-state index in [1.165, 1.54) is 0 Å². The third-order valence-corrected chi connectivity index (χ3v) is 5.79. The Morgan fingerprint density at radius 1 is 0.935 bits per heavy atom. The van der Waals surface area contributed by atoms with Crippen LogP contribution in [0.15, 0.2) is 67.3 Å². The summed E-state index contributed by atoms with van der Waals surface area (Å²) in [6.07, 6.45) is 8.87. The van der Waals surface area contributed by atoms with Gasteiger partial charge in [0.15, 0.2) is 0 Å². The Bertz CT molecular complexity index is 1220. The molecule has 7 nitrogen and oxygen atoms in total. The molecule has 5 rings (SSSR count). The van der Waals surface area contributed by atoms with Crippen LogP contribution in [0.4, 0.5) is 5.95 Å². The number of carbonyl (C=O) groups is 1. The van der Waals surface area contributed by atoms with Crippen molar-refractivity contribution in [1.82, 2.24) is 24.8 Å². The average molecular weight is 410 g/mol. The molecule has 1 atom stereocenters. The third kappa shape index (κ3) is 3.82. The van der Waals surface area contributed by atoms with E-state index in [9.17, 15) is 4.79 Å². The number of hydrogen-bond donors (Lipinski definition) is 1. The van der Waals surface area contributed by atoms with Gasteiger partial charge in [0.25, 0.3) is 5.91 Å². The summed E-state index contributed by atoms with van der Waals surface area (Å²) in [5.41, 5.74) is 8.88. The summed E-state index contributed by atoms with van der Waals surface area (Å²) in [5, 5.41) is 1.92. The van der Waals surface area contributed by atoms with E-state index < -0.39 is 0 Å². The summed E-state index contributed by atoms with van der Waals surface area (Å²) >= 11 is 0. The smallest absolute Gasteiger partial charge is 0.273 e. The number of nitrogens with zero attached hydrogens (tertiary/aromatic N) is 5. The van der Waals surface area contributed by atoms with Crippen LogP contribution in [0.25, 0.3) is 21.9 Å². The van der Waals surface area contributed by atoms with Crippen LogP contribution in [-0.2, 0) is 0 Å². The average Bonchev–Trinajstić information content (AvgIpc) is 2.84. The number of piperidine rings is 1. The van der Waals surface area contributed by atoms with Crippen molar-refractivity contribution < 1.29 is 4.79 Å². The molecule has 0 spiro atoms. The molecule has 1 aliphatic heterocycles. The number of fused-ring (bicyclic) bond motifs is 1. The molecular formula is C24H22N6O. The van der Waals surface area contributed by atoms with Crippen LogP contribution in [0.1, 0.15) is 34.9 Å². The lowest BCUT2D eigenvalue weighted by Crippen LogP contribution is -2.39. The first kappa shape index (κ1) is 19.1. The number of carbonyl (C=O) groups excluding carboxylic acids is 1. The topological polar surface area (TPSA) is 97.9 Å². The number of likely N-dealkylation sites (tertiary alicyclic amines) is 1. The maximum absolute atomic E-state index is 13.3. The summed E-state index contributed by atoms with van der Waals surface area (Å²) < 4.78 is 0. The normalized spacial score (nSPS) is 16.4. The van der Waals surface area contributed by atoms with E-state index in [-0.39, 0.29) is 17.8 Å². The van der Waals surface area contributed by atoms with Crippen molar-refractivity contribution in [2.24, 2.45) is 0 Å². The Morgan fingerprint density at radius 2 is 1.74 bits per heavy atom. The first-order valence-electron chi connectivity index (χ1n) is 10.4. The molecule has 1 aliphatic rings. The van der Waals surface area contributed by atoms with Crippen LogP contribution >= 0.6 is 0 Å². The second kappa shape index (κ2) is 8.10. The Balaban J connectivity index is 1.35. The molecule has 1 saturated heterocycles. The highest BCUT2D eigenvalue weighted by atomic mass is 16.2. The third-order valence-electron chi connectivity index (χ3n) is 5.79. The number of amides is 1. The second-order valence-electron chi connectivity index (χ2n) is 7.77. The van der Waals surface area contributed by atoms with Crippen LogP contribution in [0.5, 0.6) is 0 Å². The van der Waals surface area contributed by atoms with Crippen molar-refractivity contribution in [2.75, 3.05) is 18.8 Å². The van der Waals surface area contributed by atoms with Crippen LogP contribution in [0, 0.1) is 0 Å². The molecule has 3 aromatic heterocycles. The summed E-state index contributed by atoms with van der Waals surface area (Å²) in [6, 6.07) is 13.9. The second-order valence-corrected chi connectivity index (χ2v) is 7.77. The number of nitrogens with two attached hydrogens (primary N) is 1. The highest BCUT2D eigenvalue weighted by Crippen LogP contribution is 2.28. The van der Waals surface area contributed by atoms with E-state index in [0.29, 0.717) is 12.2 Å². The van der Waals surface area contributed by atoms with E-state index in [1.54, 1.807) is 18.6 Å². The number of aromatic nitrogens is 4. The zero-order valence-corrected chi connectivity index (χ0v) is 17.0. The Hall–Kier alpha value is -3.87. The first-order valence-corrected chi connectivity index (χ1v) is 10.4. The molecule has 154 valence electrons. The highest BCUT2D eigenvalue weighted by molar-refractivity contribution is 6.05. The minimum absolute atomic E-state index is 0.0165. The molecule has 0 aliphatic carbocycles. The molecule has 0 unspecified atom stereocenters. The maximum atomic E-state index is 13.3. The fourth-order valence-corrected chi connectivity index (χ4v) is 4.15. The van der Waals surface area contributed by atoms with Gasteiger partial charge in [-0.05, 0) is 30.4 Å². The molecule has 4 aromatic rings. The quantitative estimate of drug-likeness (QED) is 0.553. The SMILES string of the molecule is Nc1ncc(-c2ccc([C@H]3CCCN(C(=O)c4nccc5ccccc45)C3)nc2)cn1. The number of nitrogen functional groups attached to an aromatic ring is 1. The van der Waals surface area contributed by atoms with Crippen molar-refractivity contribution in [3.05, 3.63) is 78.6 Å². The van der Waals surface area contributed by atoms with Crippen LogP contribution in [0.2, 0.25) is 0 Å². The minimum Gasteiger partial charge on any atom is -0.368 e. The van der Waals surface area contributed by atoms with Gasteiger partial charge in [0, 0.05) is 66.0 Å². The predicted molar refractivity (Wildman–Crippen MR) is 119 cm³/mol. The van der Waals surface area contributed by atoms with E-state index in [4.69, 9.17) is 5.73 Å². The number of hydrogen-bond acceptors (Lipinski definition) is 6. The van der Waals surface area contributed by atoms with Gasteiger partial charge in [-0.15, -0.1) is 0 Å². The zero-order valence-electron chi connectivity index (χ0n) is 17.0. The van der Waals surface area contributed by atoms with Gasteiger partial charge in [0.05, 0.1) is 0 Å². The summed E-state index contributed by atoms with van der Waals surface area (Å²) in [4.78, 5) is 32.3. The number of benzene rings is 1. The first-order chi connectivity index (χ1) is 15.2. The van der Waals surface area contributed by atoms with Crippen LogP contribution in [-0.4, -0.2) is 43.8 Å². The fraction of sp³-hybridized carbons (Fsp3) is 0.208. The summed E-state index contributed by atoms with van der Waals surface area (Å²) in [7, 11) is 0. The molecule has 1 aromatic carbocycles. The molecule has 0 radical (unpaired) electrons. The molecule has 0 saturated carbocycles. The maximum Gasteiger partial charge on any atom is 0.273 e. The molecule has 1 fully saturated rings. The lowest BCUT2D eigenvalue weighted by molar-refractivity contribution is 0.0702. The lowest BCUT2D eigenvalue weighted by Gasteiger charge is -2.32. The van der Waals surface area contributed by atoms with Crippen LogP contribution in [0.3, 0.4) is 0 Å². The molecule has 2 N–H and O–H groups in total. The predicted octanol–water partition coefficient (Wildman–Crippen LogP) is 3.69. The zero-order chi connectivity index (χ0) is 21.2. The van der Waals surface area contributed by atoms with Gasteiger partial charge in [-0.2, -0.15) is 0 Å². The van der Waals surface area contributed by atoms with E-state index in [2.05, 4.69) is 19.9 Å². The molecular weight excluding hydrogens is 388 g/mol. The van der Waals surface area contributed by atoms with Gasteiger partial charge in [-0.3, -0.25) is 14.8 Å². The molecule has 1 amide bonds. The van der Waals surface area contributed by atoms with Crippen LogP contribution < -0.4 is 5.73 Å². The Labute approximate surface area is 180 Å². The van der Waals surface area contributed by atoms with Crippen molar-refractivity contribution in [1.29, 1.82) is 0 Å². The van der Waals surface area contributed by atoms with E-state index in [0.717, 1.165) is 47.0 Å². The van der Waals surface area contributed by atoms with Gasteiger partial charge < -0.3 is 10.6 Å². The Kier molecular flexibility index (Phi) is 5.00. The molecule has 0 bridgehead atoms. The molecule has 31 heavy (non-hydrogen) atoms. The van der Waals surface area contributed by atoms with Crippen molar-refractivity contribution in [3.63, 3.8) is 0 Å². The Morgan fingerprint density at radius 3 is 2.55 bits per heavy atom. The van der Waals surface area contributed by atoms with E-state index in [1.807, 2.05) is 53.6 Å². The van der Waals surface area contributed by atoms with Crippen molar-refractivity contribution in [2.45, 2.75) is 18.8 Å². The fourth-order valence-electron chi connectivity index (χ4n) is 4.15. The summed E-state index contributed by atoms with van der Waals surface area (Å²) in [6.45, 7) is 1.38. The number of rotatable bonds is 3. The monoisotopic (exact) mass is 410 g/mol. The number of anilines is 1.